The summed E-state index contributed by atoms with van der Waals surface area (Å²) in [6.07, 6.45) is -2.91. The van der Waals surface area contributed by atoms with Gasteiger partial charge in [-0.25, -0.2) is 4.79 Å². The van der Waals surface area contributed by atoms with Gasteiger partial charge in [0.25, 0.3) is 0 Å². The summed E-state index contributed by atoms with van der Waals surface area (Å²) in [6, 6.07) is 7.89. The number of para-hydroxylation sites is 1. The minimum absolute atomic E-state index is 0.0676. The molecule has 0 spiro atoms. The highest BCUT2D eigenvalue weighted by molar-refractivity contribution is 5.76. The van der Waals surface area contributed by atoms with Gasteiger partial charge in [-0.2, -0.15) is 22.5 Å². The number of rotatable bonds is 6. The lowest BCUT2D eigenvalue weighted by molar-refractivity contribution is -0.166. The molecule has 3 rings (SSSR count). The second-order valence-electron chi connectivity index (χ2n) is 6.38. The smallest absolute Gasteiger partial charge is 0.329 e. The highest BCUT2D eigenvalue weighted by Gasteiger charge is 2.40. The van der Waals surface area contributed by atoms with E-state index in [1.54, 1.807) is 37.3 Å². The van der Waals surface area contributed by atoms with Crippen molar-refractivity contribution in [3.63, 3.8) is 0 Å². The maximum absolute atomic E-state index is 12.9. The fourth-order valence-electron chi connectivity index (χ4n) is 2.81. The summed E-state index contributed by atoms with van der Waals surface area (Å²) in [6.45, 7) is -0.325. The van der Waals surface area contributed by atoms with Gasteiger partial charge in [-0.05, 0) is 48.2 Å². The molecule has 10 heteroatoms. The number of hydrogen-bond donors (Lipinski definition) is 0. The molecular weight excluding hydrogens is 351 g/mol. The van der Waals surface area contributed by atoms with E-state index in [1.807, 2.05) is 0 Å². The van der Waals surface area contributed by atoms with Crippen LogP contribution in [0.25, 0.3) is 5.69 Å². The number of nitrogens with zero attached hydrogens (tertiary/aromatic N) is 5. The molecule has 0 unspecified atom stereocenters. The maximum Gasteiger partial charge on any atom is 0.406 e. The van der Waals surface area contributed by atoms with E-state index in [0.29, 0.717) is 5.69 Å². The van der Waals surface area contributed by atoms with Gasteiger partial charge in [0.1, 0.15) is 13.1 Å². The summed E-state index contributed by atoms with van der Waals surface area (Å²) < 4.78 is 40.3. The number of amides is 1. The molecule has 2 aromatic rings. The van der Waals surface area contributed by atoms with E-state index in [2.05, 4.69) is 10.4 Å². The predicted octanol–water partition coefficient (Wildman–Crippen LogP) is 1.62. The predicted molar refractivity (Wildman–Crippen MR) is 85.6 cm³/mol. The van der Waals surface area contributed by atoms with Crippen molar-refractivity contribution in [3.05, 3.63) is 40.8 Å². The van der Waals surface area contributed by atoms with Gasteiger partial charge in [0.2, 0.25) is 5.91 Å². The molecule has 26 heavy (non-hydrogen) atoms. The lowest BCUT2D eigenvalue weighted by Crippen LogP contribution is -2.47. The number of aromatic nitrogens is 4. The number of halogens is 3. The summed E-state index contributed by atoms with van der Waals surface area (Å²) >= 11 is 0. The number of carbonyl (C=O) groups excluding carboxylic acids is 1. The maximum atomic E-state index is 12.9. The van der Waals surface area contributed by atoms with Crippen LogP contribution in [0, 0.1) is 5.92 Å². The van der Waals surface area contributed by atoms with Crippen LogP contribution in [-0.2, 0) is 11.3 Å². The summed E-state index contributed by atoms with van der Waals surface area (Å²) in [5, 5.41) is 7.31. The SMILES string of the molecule is C[C@H](C1CC1)N(CC(F)(F)F)C(=O)Cn1nnn(-c2ccccc2)c1=O. The van der Waals surface area contributed by atoms with E-state index in [1.165, 1.54) is 0 Å². The molecule has 0 aliphatic heterocycles. The van der Waals surface area contributed by atoms with Crippen molar-refractivity contribution in [1.29, 1.82) is 0 Å². The minimum Gasteiger partial charge on any atom is -0.329 e. The lowest BCUT2D eigenvalue weighted by atomic mass is 10.1. The molecule has 1 saturated carbocycles. The molecule has 1 aromatic carbocycles. The first-order chi connectivity index (χ1) is 12.3. The average molecular weight is 369 g/mol. The Balaban J connectivity index is 1.79. The fraction of sp³-hybridized carbons (Fsp3) is 0.500. The van der Waals surface area contributed by atoms with E-state index in [9.17, 15) is 22.8 Å². The fourth-order valence-corrected chi connectivity index (χ4v) is 2.81. The minimum atomic E-state index is -4.51. The number of alkyl halides is 3. The largest absolute Gasteiger partial charge is 0.406 e. The molecule has 0 radical (unpaired) electrons. The van der Waals surface area contributed by atoms with Gasteiger partial charge < -0.3 is 4.90 Å². The van der Waals surface area contributed by atoms with Crippen molar-refractivity contribution < 1.29 is 18.0 Å². The Kier molecular flexibility index (Phi) is 4.84. The van der Waals surface area contributed by atoms with Crippen molar-refractivity contribution in [3.8, 4) is 5.69 Å². The molecule has 0 saturated heterocycles. The molecule has 1 heterocycles. The third-order valence-electron chi connectivity index (χ3n) is 4.39. The Morgan fingerprint density at radius 2 is 1.92 bits per heavy atom. The van der Waals surface area contributed by atoms with E-state index in [4.69, 9.17) is 0 Å². The molecule has 1 fully saturated rings. The monoisotopic (exact) mass is 369 g/mol. The first kappa shape index (κ1) is 18.2. The van der Waals surface area contributed by atoms with E-state index < -0.39 is 36.9 Å². The third-order valence-corrected chi connectivity index (χ3v) is 4.39. The van der Waals surface area contributed by atoms with Crippen LogP contribution < -0.4 is 5.69 Å². The lowest BCUT2D eigenvalue weighted by Gasteiger charge is -2.30. The molecule has 1 atom stereocenters. The number of benzene rings is 1. The van der Waals surface area contributed by atoms with Crippen LogP contribution in [0.4, 0.5) is 13.2 Å². The van der Waals surface area contributed by atoms with Crippen molar-refractivity contribution in [2.45, 2.75) is 38.5 Å². The van der Waals surface area contributed by atoms with Crippen LogP contribution in [0.5, 0.6) is 0 Å². The van der Waals surface area contributed by atoms with Gasteiger partial charge in [0.15, 0.2) is 0 Å². The van der Waals surface area contributed by atoms with E-state index >= 15 is 0 Å². The van der Waals surface area contributed by atoms with Crippen LogP contribution in [0.15, 0.2) is 35.1 Å². The summed E-state index contributed by atoms with van der Waals surface area (Å²) in [7, 11) is 0. The molecule has 0 bridgehead atoms. The van der Waals surface area contributed by atoms with Crippen molar-refractivity contribution >= 4 is 5.91 Å². The zero-order valence-electron chi connectivity index (χ0n) is 14.1. The van der Waals surface area contributed by atoms with Gasteiger partial charge in [-0.3, -0.25) is 4.79 Å². The summed E-state index contributed by atoms with van der Waals surface area (Å²) in [4.78, 5) is 25.6. The summed E-state index contributed by atoms with van der Waals surface area (Å²) in [5.41, 5.74) is -0.231. The van der Waals surface area contributed by atoms with Crippen LogP contribution >= 0.6 is 0 Å². The first-order valence-electron chi connectivity index (χ1n) is 8.21. The molecule has 0 N–H and O–H groups in total. The molecule has 1 aliphatic rings. The topological polar surface area (TPSA) is 73.0 Å². The average Bonchev–Trinajstić information content (AvgIpc) is 3.37. The molecule has 1 aliphatic carbocycles. The van der Waals surface area contributed by atoms with Gasteiger partial charge in [-0.1, -0.05) is 18.2 Å². The third kappa shape index (κ3) is 4.12. The second kappa shape index (κ2) is 6.93. The highest BCUT2D eigenvalue weighted by Crippen LogP contribution is 2.36. The second-order valence-corrected chi connectivity index (χ2v) is 6.38. The van der Waals surface area contributed by atoms with Gasteiger partial charge >= 0.3 is 11.9 Å². The molecule has 140 valence electrons. The zero-order valence-corrected chi connectivity index (χ0v) is 14.1. The van der Waals surface area contributed by atoms with Crippen molar-refractivity contribution in [2.24, 2.45) is 5.92 Å². The first-order valence-corrected chi connectivity index (χ1v) is 8.21. The van der Waals surface area contributed by atoms with Crippen molar-refractivity contribution in [1.82, 2.24) is 24.7 Å². The quantitative estimate of drug-likeness (QED) is 0.776. The molecular formula is C16H18F3N5O2. The van der Waals surface area contributed by atoms with Crippen LogP contribution in [-0.4, -0.2) is 49.4 Å². The standard InChI is InChI=1S/C16H18F3N5O2/c1-11(12-7-8-12)22(10-16(17,18)19)14(25)9-23-15(26)24(21-20-23)13-5-3-2-4-6-13/h2-6,11-12H,7-10H2,1H3/t11-/m1/s1. The highest BCUT2D eigenvalue weighted by atomic mass is 19.4. The Hall–Kier alpha value is -2.65. The Bertz CT molecular complexity index is 826. The Morgan fingerprint density at radius 3 is 2.50 bits per heavy atom. The van der Waals surface area contributed by atoms with E-state index in [-0.39, 0.29) is 5.92 Å². The molecule has 1 amide bonds. The normalized spacial score (nSPS) is 15.7. The number of hydrogen-bond acceptors (Lipinski definition) is 4. The number of carbonyl (C=O) groups is 1. The van der Waals surface area contributed by atoms with Crippen LogP contribution in [0.1, 0.15) is 19.8 Å². The zero-order chi connectivity index (χ0) is 18.9. The van der Waals surface area contributed by atoms with Crippen LogP contribution in [0.3, 0.4) is 0 Å². The number of tetrazole rings is 1. The molecule has 7 nitrogen and oxygen atoms in total. The van der Waals surface area contributed by atoms with Crippen molar-refractivity contribution in [2.75, 3.05) is 6.54 Å². The van der Waals surface area contributed by atoms with Gasteiger partial charge in [-0.15, -0.1) is 0 Å². The Labute approximate surface area is 147 Å². The van der Waals surface area contributed by atoms with Gasteiger partial charge in [0.05, 0.1) is 5.69 Å². The summed E-state index contributed by atoms with van der Waals surface area (Å²) in [5.74, 6) is -0.734. The van der Waals surface area contributed by atoms with Gasteiger partial charge in [0, 0.05) is 6.04 Å². The molecule has 1 aromatic heterocycles. The Morgan fingerprint density at radius 1 is 1.27 bits per heavy atom. The van der Waals surface area contributed by atoms with Crippen LogP contribution in [0.2, 0.25) is 0 Å². The van der Waals surface area contributed by atoms with E-state index in [0.717, 1.165) is 27.1 Å².